The second-order valence-electron chi connectivity index (χ2n) is 5.32. The highest BCUT2D eigenvalue weighted by atomic mass is 35.5. The predicted octanol–water partition coefficient (Wildman–Crippen LogP) is 3.76. The zero-order chi connectivity index (χ0) is 21.2. The summed E-state index contributed by atoms with van der Waals surface area (Å²) in [6, 6.07) is 0.308. The van der Waals surface area contributed by atoms with Crippen LogP contribution in [0.15, 0.2) is 16.9 Å². The highest BCUT2D eigenvalue weighted by Gasteiger charge is 2.39. The van der Waals surface area contributed by atoms with Crippen LogP contribution in [-0.4, -0.2) is 29.2 Å². The Labute approximate surface area is 159 Å². The van der Waals surface area contributed by atoms with E-state index in [-0.39, 0.29) is 21.8 Å². The van der Waals surface area contributed by atoms with E-state index in [1.54, 1.807) is 6.92 Å². The van der Waals surface area contributed by atoms with E-state index in [0.29, 0.717) is 12.5 Å². The molecule has 0 atom stereocenters. The summed E-state index contributed by atoms with van der Waals surface area (Å²) in [6.45, 7) is 1.73. The van der Waals surface area contributed by atoms with Gasteiger partial charge in [0.2, 0.25) is 5.82 Å². The number of rotatable bonds is 5. The highest BCUT2D eigenvalue weighted by Crippen LogP contribution is 2.31. The molecule has 12 heteroatoms. The smallest absolute Gasteiger partial charge is 0.436 e. The first-order chi connectivity index (χ1) is 13.0. The van der Waals surface area contributed by atoms with Crippen molar-refractivity contribution < 1.29 is 36.2 Å². The van der Waals surface area contributed by atoms with Gasteiger partial charge in [0.15, 0.2) is 5.69 Å². The quantitative estimate of drug-likeness (QED) is 0.538. The van der Waals surface area contributed by atoms with E-state index in [1.165, 1.54) is 0 Å². The van der Waals surface area contributed by atoms with Gasteiger partial charge in [0, 0.05) is 0 Å². The van der Waals surface area contributed by atoms with Gasteiger partial charge in [-0.2, -0.15) is 22.5 Å². The molecule has 6 nitrogen and oxygen atoms in total. The van der Waals surface area contributed by atoms with Crippen molar-refractivity contribution in [1.82, 2.24) is 9.55 Å². The lowest BCUT2D eigenvalue weighted by atomic mass is 10.2. The van der Waals surface area contributed by atoms with E-state index < -0.39 is 46.7 Å². The van der Waals surface area contributed by atoms with Crippen molar-refractivity contribution in [2.24, 2.45) is 0 Å². The van der Waals surface area contributed by atoms with E-state index in [9.17, 15) is 31.5 Å². The molecule has 2 aromatic rings. The van der Waals surface area contributed by atoms with Crippen molar-refractivity contribution in [2.45, 2.75) is 19.5 Å². The molecule has 0 fully saturated rings. The lowest BCUT2D eigenvalue weighted by molar-refractivity contribution is -0.144. The molecule has 0 aliphatic rings. The van der Waals surface area contributed by atoms with Crippen molar-refractivity contribution in [2.75, 3.05) is 13.7 Å². The molecule has 0 aliphatic carbocycles. The molecule has 0 radical (unpaired) electrons. The minimum atomic E-state index is -5.29. The summed E-state index contributed by atoms with van der Waals surface area (Å²) < 4.78 is 76.4. The van der Waals surface area contributed by atoms with Gasteiger partial charge in [-0.15, -0.1) is 0 Å². The summed E-state index contributed by atoms with van der Waals surface area (Å²) in [5.41, 5.74) is -5.19. The lowest BCUT2D eigenvalue weighted by Gasteiger charge is -2.16. The molecule has 1 aromatic carbocycles. The SMILES string of the molecule is CCCOC(=O)c1cc(-n2c(OC)nc(C(F)(F)F)c(F)c2=O)c(F)cc1Cl. The Morgan fingerprint density at radius 2 is 1.93 bits per heavy atom. The molecule has 0 saturated carbocycles. The van der Waals surface area contributed by atoms with Gasteiger partial charge in [-0.1, -0.05) is 18.5 Å². The van der Waals surface area contributed by atoms with Gasteiger partial charge < -0.3 is 9.47 Å². The fourth-order valence-electron chi connectivity index (χ4n) is 2.16. The number of hydrogen-bond donors (Lipinski definition) is 0. The molecule has 0 saturated heterocycles. The minimum absolute atomic E-state index is 0.0155. The fourth-order valence-corrected chi connectivity index (χ4v) is 2.38. The summed E-state index contributed by atoms with van der Waals surface area (Å²) in [4.78, 5) is 27.1. The summed E-state index contributed by atoms with van der Waals surface area (Å²) >= 11 is 5.79. The normalized spacial score (nSPS) is 11.4. The average molecular weight is 427 g/mol. The van der Waals surface area contributed by atoms with Gasteiger partial charge in [-0.25, -0.2) is 13.8 Å². The molecular formula is C16H12ClF5N2O4. The van der Waals surface area contributed by atoms with E-state index >= 15 is 0 Å². The van der Waals surface area contributed by atoms with Crippen LogP contribution in [0, 0.1) is 11.6 Å². The van der Waals surface area contributed by atoms with Gasteiger partial charge in [0.05, 0.1) is 30.0 Å². The first-order valence-corrected chi connectivity index (χ1v) is 8.01. The number of benzene rings is 1. The maximum Gasteiger partial charge on any atom is 0.436 e. The number of halogens is 6. The number of nitrogens with zero attached hydrogens (tertiary/aromatic N) is 2. The Hall–Kier alpha value is -2.69. The van der Waals surface area contributed by atoms with Gasteiger partial charge in [-0.3, -0.25) is 4.79 Å². The number of esters is 1. The first-order valence-electron chi connectivity index (χ1n) is 7.63. The van der Waals surface area contributed by atoms with Crippen LogP contribution in [0.4, 0.5) is 22.0 Å². The number of ether oxygens (including phenoxy) is 2. The molecule has 1 heterocycles. The van der Waals surface area contributed by atoms with Crippen LogP contribution < -0.4 is 10.3 Å². The number of aromatic nitrogens is 2. The van der Waals surface area contributed by atoms with Crippen molar-refractivity contribution >= 4 is 17.6 Å². The molecule has 0 bridgehead atoms. The number of alkyl halides is 3. The van der Waals surface area contributed by atoms with Gasteiger partial charge in [0.1, 0.15) is 5.82 Å². The van der Waals surface area contributed by atoms with Crippen LogP contribution in [0.3, 0.4) is 0 Å². The average Bonchev–Trinajstić information content (AvgIpc) is 2.61. The predicted molar refractivity (Wildman–Crippen MR) is 86.9 cm³/mol. The number of methoxy groups -OCH3 is 1. The largest absolute Gasteiger partial charge is 0.468 e. The van der Waals surface area contributed by atoms with Crippen LogP contribution in [-0.2, 0) is 10.9 Å². The van der Waals surface area contributed by atoms with Crippen molar-refractivity contribution in [3.63, 3.8) is 0 Å². The van der Waals surface area contributed by atoms with E-state index in [4.69, 9.17) is 16.3 Å². The monoisotopic (exact) mass is 426 g/mol. The third-order valence-corrected chi connectivity index (χ3v) is 3.70. The molecule has 2 rings (SSSR count). The Kier molecular flexibility index (Phi) is 6.27. The highest BCUT2D eigenvalue weighted by molar-refractivity contribution is 6.33. The molecule has 0 N–H and O–H groups in total. The zero-order valence-corrected chi connectivity index (χ0v) is 15.1. The van der Waals surface area contributed by atoms with E-state index in [0.717, 1.165) is 13.2 Å². The fraction of sp³-hybridized carbons (Fsp3) is 0.312. The molecule has 0 amide bonds. The molecule has 28 heavy (non-hydrogen) atoms. The number of carbonyl (C=O) groups is 1. The van der Waals surface area contributed by atoms with E-state index in [1.807, 2.05) is 0 Å². The standard InChI is InChI=1S/C16H12ClF5N2O4/c1-3-4-28-14(26)7-5-10(9(18)6-8(7)17)24-13(25)11(19)12(16(20,21)22)23-15(24)27-2/h5-6H,3-4H2,1-2H3. The molecule has 0 unspecified atom stereocenters. The molecule has 152 valence electrons. The Bertz CT molecular complexity index is 975. The van der Waals surface area contributed by atoms with Crippen LogP contribution in [0.1, 0.15) is 29.4 Å². The zero-order valence-electron chi connectivity index (χ0n) is 14.4. The second kappa shape index (κ2) is 8.13. The van der Waals surface area contributed by atoms with Crippen LogP contribution in [0.5, 0.6) is 6.01 Å². The number of hydrogen-bond acceptors (Lipinski definition) is 5. The van der Waals surface area contributed by atoms with Crippen molar-refractivity contribution in [3.05, 3.63) is 50.4 Å². The van der Waals surface area contributed by atoms with Crippen LogP contribution >= 0.6 is 11.6 Å². The summed E-state index contributed by atoms with van der Waals surface area (Å²) in [6.07, 6.45) is -4.82. The maximum absolute atomic E-state index is 14.4. The van der Waals surface area contributed by atoms with Gasteiger partial charge in [-0.05, 0) is 18.6 Å². The molecule has 0 spiro atoms. The van der Waals surface area contributed by atoms with Crippen LogP contribution in [0.2, 0.25) is 5.02 Å². The van der Waals surface area contributed by atoms with Gasteiger partial charge in [0.25, 0.3) is 5.56 Å². The Balaban J connectivity index is 2.76. The van der Waals surface area contributed by atoms with Gasteiger partial charge >= 0.3 is 18.2 Å². The maximum atomic E-state index is 14.4. The summed E-state index contributed by atoms with van der Waals surface area (Å²) in [5, 5.41) is -0.380. The number of carbonyl (C=O) groups excluding carboxylic acids is 1. The third-order valence-electron chi connectivity index (χ3n) is 3.38. The summed E-state index contributed by atoms with van der Waals surface area (Å²) in [7, 11) is 0.848. The Morgan fingerprint density at radius 1 is 1.29 bits per heavy atom. The third kappa shape index (κ3) is 4.08. The summed E-state index contributed by atoms with van der Waals surface area (Å²) in [5.74, 6) is -4.48. The first kappa shape index (κ1) is 21.6. The second-order valence-corrected chi connectivity index (χ2v) is 5.73. The molecule has 1 aromatic heterocycles. The lowest BCUT2D eigenvalue weighted by Crippen LogP contribution is -2.30. The molecular weight excluding hydrogens is 415 g/mol. The topological polar surface area (TPSA) is 70.4 Å². The van der Waals surface area contributed by atoms with Crippen molar-refractivity contribution in [1.29, 1.82) is 0 Å². The van der Waals surface area contributed by atoms with E-state index in [2.05, 4.69) is 9.72 Å². The molecule has 0 aliphatic heterocycles. The Morgan fingerprint density at radius 3 is 2.46 bits per heavy atom. The minimum Gasteiger partial charge on any atom is -0.468 e. The van der Waals surface area contributed by atoms with Crippen LogP contribution in [0.25, 0.3) is 5.69 Å². The van der Waals surface area contributed by atoms with Crippen molar-refractivity contribution in [3.8, 4) is 11.7 Å².